The lowest BCUT2D eigenvalue weighted by atomic mass is 9.94. The topological polar surface area (TPSA) is 83.9 Å². The standard InChI is InChI=1S/C18H15NO5/c1-2-15(21)24-10-12(20)9-19-17(22)13-7-3-5-11-6-4-8-14(16(11)13)18(19)23/h2-8,12,20H,1,9-10H2. The monoisotopic (exact) mass is 325 g/mol. The number of hydrogen-bond donors (Lipinski definition) is 1. The Morgan fingerprint density at radius 1 is 1.17 bits per heavy atom. The molecular weight excluding hydrogens is 310 g/mol. The molecule has 0 aromatic heterocycles. The van der Waals surface area contributed by atoms with Gasteiger partial charge in [0.05, 0.1) is 6.54 Å². The number of carbonyl (C=O) groups excluding carboxylic acids is 3. The van der Waals surface area contributed by atoms with Crippen molar-refractivity contribution >= 4 is 28.6 Å². The molecule has 0 spiro atoms. The molecule has 2 aromatic rings. The highest BCUT2D eigenvalue weighted by Gasteiger charge is 2.33. The van der Waals surface area contributed by atoms with E-state index >= 15 is 0 Å². The van der Waals surface area contributed by atoms with E-state index in [2.05, 4.69) is 6.58 Å². The molecule has 0 fully saturated rings. The van der Waals surface area contributed by atoms with Gasteiger partial charge in [0, 0.05) is 22.6 Å². The van der Waals surface area contributed by atoms with Gasteiger partial charge in [0.1, 0.15) is 12.7 Å². The van der Waals surface area contributed by atoms with Gasteiger partial charge in [-0.05, 0) is 17.5 Å². The van der Waals surface area contributed by atoms with Gasteiger partial charge >= 0.3 is 5.97 Å². The van der Waals surface area contributed by atoms with Crippen LogP contribution in [0.5, 0.6) is 0 Å². The summed E-state index contributed by atoms with van der Waals surface area (Å²) in [6.07, 6.45) is -0.202. The Balaban J connectivity index is 1.87. The van der Waals surface area contributed by atoms with Crippen molar-refractivity contribution in [2.24, 2.45) is 0 Å². The van der Waals surface area contributed by atoms with Crippen molar-refractivity contribution < 1.29 is 24.2 Å². The number of hydrogen-bond acceptors (Lipinski definition) is 5. The lowest BCUT2D eigenvalue weighted by Gasteiger charge is -2.28. The fourth-order valence-electron chi connectivity index (χ4n) is 2.75. The SMILES string of the molecule is C=CC(=O)OCC(O)CN1C(=O)c2cccc3cccc(c23)C1=O. The van der Waals surface area contributed by atoms with Crippen LogP contribution in [0.4, 0.5) is 0 Å². The first kappa shape index (κ1) is 15.9. The number of carbonyl (C=O) groups is 3. The number of imide groups is 1. The Kier molecular flexibility index (Phi) is 4.14. The van der Waals surface area contributed by atoms with Crippen molar-refractivity contribution in [3.63, 3.8) is 0 Å². The van der Waals surface area contributed by atoms with E-state index in [1.165, 1.54) is 0 Å². The molecule has 0 saturated heterocycles. The van der Waals surface area contributed by atoms with Crippen LogP contribution in [0.1, 0.15) is 20.7 Å². The minimum atomic E-state index is -1.17. The molecule has 1 atom stereocenters. The smallest absolute Gasteiger partial charge is 0.330 e. The molecule has 0 bridgehead atoms. The summed E-state index contributed by atoms with van der Waals surface area (Å²) in [5.74, 6) is -1.63. The molecular formula is C18H15NO5. The third kappa shape index (κ3) is 2.68. The van der Waals surface area contributed by atoms with E-state index in [0.29, 0.717) is 16.5 Å². The Morgan fingerprint density at radius 3 is 2.29 bits per heavy atom. The maximum Gasteiger partial charge on any atom is 0.330 e. The lowest BCUT2D eigenvalue weighted by molar-refractivity contribution is -0.140. The molecule has 1 aliphatic heterocycles. The summed E-state index contributed by atoms with van der Waals surface area (Å²) < 4.78 is 4.74. The number of nitrogens with zero attached hydrogens (tertiary/aromatic N) is 1. The molecule has 1 aliphatic rings. The van der Waals surface area contributed by atoms with E-state index < -0.39 is 23.9 Å². The third-order valence-corrected chi connectivity index (χ3v) is 3.83. The molecule has 1 N–H and O–H groups in total. The number of aliphatic hydroxyl groups is 1. The predicted octanol–water partition coefficient (Wildman–Crippen LogP) is 1.53. The van der Waals surface area contributed by atoms with Gasteiger partial charge in [-0.25, -0.2) is 4.79 Å². The number of amides is 2. The quantitative estimate of drug-likeness (QED) is 0.512. The summed E-state index contributed by atoms with van der Waals surface area (Å²) in [6, 6.07) is 10.5. The zero-order valence-corrected chi connectivity index (χ0v) is 12.8. The zero-order valence-electron chi connectivity index (χ0n) is 12.8. The van der Waals surface area contributed by atoms with Gasteiger partial charge < -0.3 is 9.84 Å². The Morgan fingerprint density at radius 2 is 1.75 bits per heavy atom. The highest BCUT2D eigenvalue weighted by molar-refractivity contribution is 6.25. The highest BCUT2D eigenvalue weighted by Crippen LogP contribution is 2.29. The second-order valence-electron chi connectivity index (χ2n) is 5.42. The van der Waals surface area contributed by atoms with Gasteiger partial charge in [-0.2, -0.15) is 0 Å². The molecule has 0 saturated carbocycles. The summed E-state index contributed by atoms with van der Waals surface area (Å²) in [6.45, 7) is 2.67. The third-order valence-electron chi connectivity index (χ3n) is 3.83. The number of ether oxygens (including phenoxy) is 1. The van der Waals surface area contributed by atoms with Gasteiger partial charge in [-0.3, -0.25) is 14.5 Å². The minimum absolute atomic E-state index is 0.257. The van der Waals surface area contributed by atoms with Gasteiger partial charge in [-0.1, -0.05) is 30.8 Å². The number of β-amino-alcohol motifs (C(OH)–C–C–N with tert-alkyl or cyclic N) is 1. The molecule has 1 unspecified atom stereocenters. The van der Waals surface area contributed by atoms with Crippen LogP contribution >= 0.6 is 0 Å². The molecule has 1 heterocycles. The number of rotatable bonds is 5. The van der Waals surface area contributed by atoms with Crippen molar-refractivity contribution in [2.45, 2.75) is 6.10 Å². The summed E-state index contributed by atoms with van der Waals surface area (Å²) in [5, 5.41) is 11.4. The van der Waals surface area contributed by atoms with Crippen LogP contribution < -0.4 is 0 Å². The van der Waals surface area contributed by atoms with Crippen LogP contribution in [-0.4, -0.2) is 47.0 Å². The van der Waals surface area contributed by atoms with E-state index in [-0.39, 0.29) is 13.2 Å². The number of aliphatic hydroxyl groups excluding tert-OH is 1. The van der Waals surface area contributed by atoms with Crippen LogP contribution in [0.25, 0.3) is 10.8 Å². The Hall–Kier alpha value is -2.99. The van der Waals surface area contributed by atoms with Gasteiger partial charge in [0.15, 0.2) is 0 Å². The van der Waals surface area contributed by atoms with Crippen LogP contribution in [-0.2, 0) is 9.53 Å². The lowest BCUT2D eigenvalue weighted by Crippen LogP contribution is -2.45. The highest BCUT2D eigenvalue weighted by atomic mass is 16.5. The number of benzene rings is 2. The average Bonchev–Trinajstić information content (AvgIpc) is 2.61. The first-order valence-electron chi connectivity index (χ1n) is 7.38. The van der Waals surface area contributed by atoms with Gasteiger partial charge in [0.25, 0.3) is 11.8 Å². The molecule has 0 aliphatic carbocycles. The molecule has 6 heteroatoms. The van der Waals surface area contributed by atoms with Crippen LogP contribution in [0, 0.1) is 0 Å². The van der Waals surface area contributed by atoms with Crippen LogP contribution in [0.15, 0.2) is 49.1 Å². The molecule has 3 rings (SSSR count). The fraction of sp³-hybridized carbons (Fsp3) is 0.167. The summed E-state index contributed by atoms with van der Waals surface area (Å²) in [7, 11) is 0. The largest absolute Gasteiger partial charge is 0.460 e. The van der Waals surface area contributed by atoms with E-state index in [4.69, 9.17) is 4.74 Å². The fourth-order valence-corrected chi connectivity index (χ4v) is 2.75. The van der Waals surface area contributed by atoms with Crippen molar-refractivity contribution in [1.29, 1.82) is 0 Å². The van der Waals surface area contributed by atoms with Crippen molar-refractivity contribution in [2.75, 3.05) is 13.2 Å². The van der Waals surface area contributed by atoms with Crippen molar-refractivity contribution in [3.8, 4) is 0 Å². The van der Waals surface area contributed by atoms with Gasteiger partial charge in [0.2, 0.25) is 0 Å². The maximum atomic E-state index is 12.6. The predicted molar refractivity (Wildman–Crippen MR) is 86.5 cm³/mol. The summed E-state index contributed by atoms with van der Waals surface area (Å²) >= 11 is 0. The maximum absolute atomic E-state index is 12.6. The summed E-state index contributed by atoms with van der Waals surface area (Å²) in [4.78, 5) is 37.2. The van der Waals surface area contributed by atoms with Crippen LogP contribution in [0.2, 0.25) is 0 Å². The first-order chi connectivity index (χ1) is 11.5. The Labute approximate surface area is 137 Å². The van der Waals surface area contributed by atoms with Gasteiger partial charge in [-0.15, -0.1) is 0 Å². The number of esters is 1. The molecule has 6 nitrogen and oxygen atoms in total. The minimum Gasteiger partial charge on any atom is -0.460 e. The summed E-state index contributed by atoms with van der Waals surface area (Å²) in [5.41, 5.74) is 0.830. The molecule has 0 radical (unpaired) electrons. The van der Waals surface area contributed by atoms with Crippen molar-refractivity contribution in [3.05, 3.63) is 60.2 Å². The van der Waals surface area contributed by atoms with Crippen molar-refractivity contribution in [1.82, 2.24) is 4.90 Å². The van der Waals surface area contributed by atoms with E-state index in [0.717, 1.165) is 16.4 Å². The molecule has 2 aromatic carbocycles. The van der Waals surface area contributed by atoms with E-state index in [1.54, 1.807) is 24.3 Å². The molecule has 2 amide bonds. The van der Waals surface area contributed by atoms with E-state index in [9.17, 15) is 19.5 Å². The second-order valence-corrected chi connectivity index (χ2v) is 5.42. The normalized spacial score (nSPS) is 14.6. The molecule has 122 valence electrons. The average molecular weight is 325 g/mol. The van der Waals surface area contributed by atoms with Crippen LogP contribution in [0.3, 0.4) is 0 Å². The van der Waals surface area contributed by atoms with E-state index in [1.807, 2.05) is 12.1 Å². The zero-order chi connectivity index (χ0) is 17.3. The Bertz CT molecular complexity index is 807. The second kappa shape index (κ2) is 6.25. The molecule has 24 heavy (non-hydrogen) atoms. The first-order valence-corrected chi connectivity index (χ1v) is 7.38.